The number of nitrogens with zero attached hydrogens (tertiary/aromatic N) is 3. The molecule has 3 rings (SSSR count). The number of aromatic nitrogens is 2. The first-order valence-corrected chi connectivity index (χ1v) is 9.29. The average molecular weight is 369 g/mol. The number of amides is 1. The third kappa shape index (κ3) is 5.74. The second-order valence-corrected chi connectivity index (χ2v) is 6.90. The van der Waals surface area contributed by atoms with Crippen molar-refractivity contribution in [1.29, 1.82) is 0 Å². The van der Waals surface area contributed by atoms with Gasteiger partial charge in [-0.05, 0) is 44.0 Å². The van der Waals surface area contributed by atoms with Crippen LogP contribution in [0.5, 0.6) is 0 Å². The maximum Gasteiger partial charge on any atom is 0.270 e. The number of benzene rings is 1. The molecule has 1 aromatic carbocycles. The summed E-state index contributed by atoms with van der Waals surface area (Å²) in [6.07, 6.45) is 0. The van der Waals surface area contributed by atoms with Crippen molar-refractivity contribution in [2.45, 2.75) is 20.8 Å². The van der Waals surface area contributed by atoms with E-state index >= 15 is 0 Å². The van der Waals surface area contributed by atoms with Crippen molar-refractivity contribution in [2.75, 3.05) is 44.7 Å². The van der Waals surface area contributed by atoms with E-state index in [0.717, 1.165) is 38.5 Å². The number of hydrogen-bond donors (Lipinski definition) is 2. The van der Waals surface area contributed by atoms with E-state index in [9.17, 15) is 4.79 Å². The SMILES string of the molecule is Cc1cc(C)cc(Nc2cc(C(=O)NCCN3CCOCC3)nc(C)n2)c1. The van der Waals surface area contributed by atoms with Crippen LogP contribution in [-0.2, 0) is 4.74 Å². The van der Waals surface area contributed by atoms with Crippen molar-refractivity contribution in [3.63, 3.8) is 0 Å². The van der Waals surface area contributed by atoms with Gasteiger partial charge in [-0.3, -0.25) is 9.69 Å². The number of morpholine rings is 1. The lowest BCUT2D eigenvalue weighted by atomic mass is 10.1. The topological polar surface area (TPSA) is 79.4 Å². The van der Waals surface area contributed by atoms with Crippen LogP contribution in [0.1, 0.15) is 27.4 Å². The Morgan fingerprint density at radius 1 is 1.07 bits per heavy atom. The second kappa shape index (κ2) is 8.92. The van der Waals surface area contributed by atoms with Gasteiger partial charge in [0.25, 0.3) is 5.91 Å². The summed E-state index contributed by atoms with van der Waals surface area (Å²) in [4.78, 5) is 23.4. The van der Waals surface area contributed by atoms with Crippen molar-refractivity contribution in [1.82, 2.24) is 20.2 Å². The van der Waals surface area contributed by atoms with Crippen LogP contribution < -0.4 is 10.6 Å². The summed E-state index contributed by atoms with van der Waals surface area (Å²) in [5.41, 5.74) is 3.66. The third-order valence-electron chi connectivity index (χ3n) is 4.38. The van der Waals surface area contributed by atoms with Crippen molar-refractivity contribution >= 4 is 17.4 Å². The van der Waals surface area contributed by atoms with Crippen LogP contribution >= 0.6 is 0 Å². The molecule has 2 aromatic rings. The highest BCUT2D eigenvalue weighted by Gasteiger charge is 2.13. The Hall–Kier alpha value is -2.51. The van der Waals surface area contributed by atoms with E-state index in [0.29, 0.717) is 23.9 Å². The molecule has 144 valence electrons. The number of carbonyl (C=O) groups excluding carboxylic acids is 1. The van der Waals surface area contributed by atoms with E-state index in [1.165, 1.54) is 11.1 Å². The highest BCUT2D eigenvalue weighted by Crippen LogP contribution is 2.19. The van der Waals surface area contributed by atoms with E-state index in [2.05, 4.69) is 45.4 Å². The fourth-order valence-electron chi connectivity index (χ4n) is 3.19. The Kier molecular flexibility index (Phi) is 6.36. The monoisotopic (exact) mass is 369 g/mol. The van der Waals surface area contributed by atoms with Crippen LogP contribution in [0.3, 0.4) is 0 Å². The Morgan fingerprint density at radius 3 is 2.48 bits per heavy atom. The summed E-state index contributed by atoms with van der Waals surface area (Å²) in [6, 6.07) is 7.90. The molecule has 27 heavy (non-hydrogen) atoms. The van der Waals surface area contributed by atoms with E-state index in [-0.39, 0.29) is 5.91 Å². The average Bonchev–Trinajstić information content (AvgIpc) is 2.61. The van der Waals surface area contributed by atoms with E-state index in [1.54, 1.807) is 13.0 Å². The molecule has 7 heteroatoms. The van der Waals surface area contributed by atoms with Crippen LogP contribution in [0.25, 0.3) is 0 Å². The van der Waals surface area contributed by atoms with Crippen molar-refractivity contribution < 1.29 is 9.53 Å². The fraction of sp³-hybridized carbons (Fsp3) is 0.450. The summed E-state index contributed by atoms with van der Waals surface area (Å²) in [5.74, 6) is 0.991. The lowest BCUT2D eigenvalue weighted by Crippen LogP contribution is -2.41. The van der Waals surface area contributed by atoms with Crippen LogP contribution in [0.15, 0.2) is 24.3 Å². The molecule has 1 aromatic heterocycles. The first kappa shape index (κ1) is 19.3. The molecule has 1 aliphatic heterocycles. The molecular weight excluding hydrogens is 342 g/mol. The van der Waals surface area contributed by atoms with Gasteiger partial charge in [0.2, 0.25) is 0 Å². The van der Waals surface area contributed by atoms with Crippen molar-refractivity contribution in [2.24, 2.45) is 0 Å². The highest BCUT2D eigenvalue weighted by atomic mass is 16.5. The zero-order chi connectivity index (χ0) is 19.2. The van der Waals surface area contributed by atoms with Crippen molar-refractivity contribution in [3.05, 3.63) is 46.9 Å². The molecule has 1 amide bonds. The van der Waals surface area contributed by atoms with Gasteiger partial charge in [-0.15, -0.1) is 0 Å². The molecule has 0 saturated carbocycles. The summed E-state index contributed by atoms with van der Waals surface area (Å²) >= 11 is 0. The fourth-order valence-corrected chi connectivity index (χ4v) is 3.19. The minimum absolute atomic E-state index is 0.183. The number of aryl methyl sites for hydroxylation is 3. The molecule has 0 aliphatic carbocycles. The molecule has 0 spiro atoms. The van der Waals surface area contributed by atoms with E-state index < -0.39 is 0 Å². The number of hydrogen-bond acceptors (Lipinski definition) is 6. The molecule has 0 atom stereocenters. The highest BCUT2D eigenvalue weighted by molar-refractivity contribution is 5.93. The number of ether oxygens (including phenoxy) is 1. The molecule has 7 nitrogen and oxygen atoms in total. The summed E-state index contributed by atoms with van der Waals surface area (Å²) in [6.45, 7) is 10.6. The lowest BCUT2D eigenvalue weighted by Gasteiger charge is -2.26. The van der Waals surface area contributed by atoms with Crippen LogP contribution in [0.4, 0.5) is 11.5 Å². The summed E-state index contributed by atoms with van der Waals surface area (Å²) in [7, 11) is 0. The van der Waals surface area contributed by atoms with Gasteiger partial charge in [0, 0.05) is 37.9 Å². The van der Waals surface area contributed by atoms with Crippen molar-refractivity contribution in [3.8, 4) is 0 Å². The maximum atomic E-state index is 12.5. The zero-order valence-corrected chi connectivity index (χ0v) is 16.2. The van der Waals surface area contributed by atoms with Crippen LogP contribution in [0.2, 0.25) is 0 Å². The Bertz CT molecular complexity index is 783. The van der Waals surface area contributed by atoms with Gasteiger partial charge in [-0.25, -0.2) is 9.97 Å². The van der Waals surface area contributed by atoms with Gasteiger partial charge < -0.3 is 15.4 Å². The Morgan fingerprint density at radius 2 is 1.78 bits per heavy atom. The first-order valence-electron chi connectivity index (χ1n) is 9.29. The number of carbonyl (C=O) groups is 1. The van der Waals surface area contributed by atoms with E-state index in [1.807, 2.05) is 12.1 Å². The molecule has 2 heterocycles. The summed E-state index contributed by atoms with van der Waals surface area (Å²) in [5, 5.41) is 6.22. The summed E-state index contributed by atoms with van der Waals surface area (Å²) < 4.78 is 5.33. The molecule has 0 bridgehead atoms. The van der Waals surface area contributed by atoms with E-state index in [4.69, 9.17) is 4.74 Å². The maximum absolute atomic E-state index is 12.5. The quantitative estimate of drug-likeness (QED) is 0.813. The standard InChI is InChI=1S/C20H27N5O2/c1-14-10-15(2)12-17(11-14)24-19-13-18(22-16(3)23-19)20(26)21-4-5-25-6-8-27-9-7-25/h10-13H,4-9H2,1-3H3,(H,21,26)(H,22,23,24). The number of rotatable bonds is 6. The van der Waals surface area contributed by atoms with Gasteiger partial charge >= 0.3 is 0 Å². The Labute approximate surface area is 160 Å². The largest absolute Gasteiger partial charge is 0.379 e. The lowest BCUT2D eigenvalue weighted by molar-refractivity contribution is 0.0383. The smallest absolute Gasteiger partial charge is 0.270 e. The Balaban J connectivity index is 1.62. The second-order valence-electron chi connectivity index (χ2n) is 6.90. The van der Waals surface area contributed by atoms with Gasteiger partial charge in [-0.1, -0.05) is 6.07 Å². The minimum atomic E-state index is -0.183. The molecule has 1 aliphatic rings. The minimum Gasteiger partial charge on any atom is -0.379 e. The zero-order valence-electron chi connectivity index (χ0n) is 16.2. The van der Waals surface area contributed by atoms with Crippen LogP contribution in [-0.4, -0.2) is 60.2 Å². The van der Waals surface area contributed by atoms with Crippen LogP contribution in [0, 0.1) is 20.8 Å². The van der Waals surface area contributed by atoms with Gasteiger partial charge in [0.05, 0.1) is 13.2 Å². The third-order valence-corrected chi connectivity index (χ3v) is 4.38. The molecule has 2 N–H and O–H groups in total. The molecule has 0 radical (unpaired) electrons. The predicted octanol–water partition coefficient (Wildman–Crippen LogP) is 2.21. The predicted molar refractivity (Wildman–Crippen MR) is 106 cm³/mol. The molecular formula is C20H27N5O2. The number of anilines is 2. The normalized spacial score (nSPS) is 14.8. The first-order chi connectivity index (χ1) is 13.0. The van der Waals surface area contributed by atoms with Gasteiger partial charge in [0.15, 0.2) is 0 Å². The molecule has 1 fully saturated rings. The molecule has 0 unspecified atom stereocenters. The van der Waals surface area contributed by atoms with Gasteiger partial charge in [-0.2, -0.15) is 0 Å². The number of nitrogens with one attached hydrogen (secondary N) is 2. The van der Waals surface area contributed by atoms with Gasteiger partial charge in [0.1, 0.15) is 17.3 Å². The molecule has 1 saturated heterocycles.